The fourth-order valence-electron chi connectivity index (χ4n) is 6.40. The van der Waals surface area contributed by atoms with Crippen LogP contribution in [0, 0.1) is 11.7 Å². The van der Waals surface area contributed by atoms with E-state index in [1.165, 1.54) is 11.6 Å². The van der Waals surface area contributed by atoms with Crippen molar-refractivity contribution < 1.29 is 23.8 Å². The lowest BCUT2D eigenvalue weighted by Crippen LogP contribution is -2.55. The summed E-state index contributed by atoms with van der Waals surface area (Å²) in [6.45, 7) is 7.98. The zero-order valence-corrected chi connectivity index (χ0v) is 25.5. The number of carbonyl (C=O) groups excluding carboxylic acids is 1. The van der Waals surface area contributed by atoms with Gasteiger partial charge in [0.05, 0.1) is 18.2 Å². The van der Waals surface area contributed by atoms with Crippen LogP contribution in [0.3, 0.4) is 0 Å². The maximum absolute atomic E-state index is 14.5. The number of carboxylic acids is 1. The van der Waals surface area contributed by atoms with Gasteiger partial charge in [0, 0.05) is 44.8 Å². The number of piperazine rings is 1. The first-order chi connectivity index (χ1) is 21.3. The van der Waals surface area contributed by atoms with Crippen molar-refractivity contribution >= 4 is 11.9 Å². The first kappa shape index (κ1) is 31.6. The normalized spacial score (nSPS) is 17.4. The Bertz CT molecular complexity index is 1430. The Labute approximate surface area is 259 Å². The summed E-state index contributed by atoms with van der Waals surface area (Å²) in [4.78, 5) is 31.3. The monoisotopic (exact) mass is 602 g/mol. The summed E-state index contributed by atoms with van der Waals surface area (Å²) in [6, 6.07) is 19.7. The molecule has 2 aliphatic rings. The largest absolute Gasteiger partial charge is 0.493 e. The number of carboxylic acid groups (broad SMARTS) is 1. The molecule has 0 bridgehead atoms. The molecule has 2 aliphatic heterocycles. The number of halogens is 1. The fourth-order valence-corrected chi connectivity index (χ4v) is 6.40. The number of rotatable bonds is 11. The summed E-state index contributed by atoms with van der Waals surface area (Å²) < 4.78 is 20.2. The van der Waals surface area contributed by atoms with Crippen LogP contribution in [0.15, 0.2) is 66.7 Å². The molecule has 8 nitrogen and oxygen atoms in total. The van der Waals surface area contributed by atoms with E-state index < -0.39 is 12.0 Å². The quantitative estimate of drug-likeness (QED) is 0.333. The topological polar surface area (TPSA) is 99.3 Å². The Morgan fingerprint density at radius 3 is 2.41 bits per heavy atom. The van der Waals surface area contributed by atoms with Crippen LogP contribution < -0.4 is 10.5 Å². The van der Waals surface area contributed by atoms with E-state index in [0.29, 0.717) is 50.6 Å². The van der Waals surface area contributed by atoms with Crippen LogP contribution in [0.4, 0.5) is 4.39 Å². The molecule has 3 N–H and O–H groups in total. The molecule has 5 rings (SSSR count). The van der Waals surface area contributed by atoms with E-state index in [1.807, 2.05) is 36.1 Å². The zero-order valence-electron chi connectivity index (χ0n) is 25.5. The van der Waals surface area contributed by atoms with Gasteiger partial charge in [-0.1, -0.05) is 42.5 Å². The lowest BCUT2D eigenvalue weighted by Gasteiger charge is -2.39. The standard InChI is InChI=1S/C35H43FN4O4/c1-2-44-32-12-6-11-31(36)30(32)24-39-19-21-40(22-20-39)34(41)33(37)26-14-17-38(18-15-26)16-13-25-7-3-4-10-29(25)27-8-5-9-28(23-27)35(42)43/h3-12,23,26,33H,2,13-22,24,37H2,1H3,(H,42,43)/t33-/m1/s1. The highest BCUT2D eigenvalue weighted by atomic mass is 19.1. The van der Waals surface area contributed by atoms with E-state index in [4.69, 9.17) is 10.5 Å². The number of ether oxygens (including phenoxy) is 1. The molecule has 1 amide bonds. The van der Waals surface area contributed by atoms with Gasteiger partial charge in [0.2, 0.25) is 5.91 Å². The fraction of sp³-hybridized carbons (Fsp3) is 0.429. The van der Waals surface area contributed by atoms with Gasteiger partial charge in [-0.3, -0.25) is 9.69 Å². The van der Waals surface area contributed by atoms with Crippen LogP contribution in [0.5, 0.6) is 5.75 Å². The van der Waals surface area contributed by atoms with Crippen LogP contribution in [-0.4, -0.2) is 90.1 Å². The Balaban J connectivity index is 1.09. The SMILES string of the molecule is CCOc1cccc(F)c1CN1CCN(C(=O)[C@H](N)C2CCN(CCc3ccccc3-c3cccc(C(=O)O)c3)CC2)CC1. The molecule has 234 valence electrons. The van der Waals surface area contributed by atoms with E-state index in [1.54, 1.807) is 30.3 Å². The molecule has 0 saturated carbocycles. The van der Waals surface area contributed by atoms with Gasteiger partial charge in [-0.15, -0.1) is 0 Å². The van der Waals surface area contributed by atoms with Crippen LogP contribution in [0.2, 0.25) is 0 Å². The average Bonchev–Trinajstić information content (AvgIpc) is 3.05. The van der Waals surface area contributed by atoms with E-state index >= 15 is 0 Å². The first-order valence-electron chi connectivity index (χ1n) is 15.6. The smallest absolute Gasteiger partial charge is 0.335 e. The summed E-state index contributed by atoms with van der Waals surface area (Å²) in [7, 11) is 0. The number of nitrogens with zero attached hydrogens (tertiary/aromatic N) is 3. The van der Waals surface area contributed by atoms with E-state index in [-0.39, 0.29) is 23.2 Å². The summed E-state index contributed by atoms with van der Waals surface area (Å²) in [5.41, 5.74) is 10.6. The van der Waals surface area contributed by atoms with E-state index in [2.05, 4.69) is 15.9 Å². The second kappa shape index (κ2) is 14.8. The highest BCUT2D eigenvalue weighted by molar-refractivity contribution is 5.89. The highest BCUT2D eigenvalue weighted by Gasteiger charge is 2.33. The van der Waals surface area contributed by atoms with Gasteiger partial charge >= 0.3 is 5.97 Å². The predicted molar refractivity (Wildman–Crippen MR) is 169 cm³/mol. The van der Waals surface area contributed by atoms with Crippen molar-refractivity contribution in [3.63, 3.8) is 0 Å². The molecule has 2 fully saturated rings. The number of nitrogens with two attached hydrogens (primary N) is 1. The third-order valence-electron chi connectivity index (χ3n) is 9.00. The summed E-state index contributed by atoms with van der Waals surface area (Å²) in [5, 5.41) is 9.40. The summed E-state index contributed by atoms with van der Waals surface area (Å²) in [6.07, 6.45) is 2.61. The molecule has 1 atom stereocenters. The number of carbonyl (C=O) groups is 2. The molecular weight excluding hydrogens is 559 g/mol. The predicted octanol–water partition coefficient (Wildman–Crippen LogP) is 4.52. The van der Waals surface area contributed by atoms with Crippen molar-refractivity contribution in [3.8, 4) is 16.9 Å². The minimum absolute atomic E-state index is 0.0153. The highest BCUT2D eigenvalue weighted by Crippen LogP contribution is 2.27. The molecule has 3 aromatic rings. The maximum Gasteiger partial charge on any atom is 0.335 e. The molecule has 44 heavy (non-hydrogen) atoms. The Hall–Kier alpha value is -3.79. The van der Waals surface area contributed by atoms with Crippen LogP contribution in [-0.2, 0) is 17.8 Å². The van der Waals surface area contributed by atoms with E-state index in [0.717, 1.165) is 50.0 Å². The first-order valence-corrected chi connectivity index (χ1v) is 15.6. The number of aromatic carboxylic acids is 1. The van der Waals surface area contributed by atoms with Gasteiger partial charge in [-0.25, -0.2) is 9.18 Å². The number of amides is 1. The van der Waals surface area contributed by atoms with Crippen molar-refractivity contribution in [2.24, 2.45) is 11.7 Å². The Kier molecular flexibility index (Phi) is 10.6. The number of piperidine rings is 1. The van der Waals surface area contributed by atoms with Gasteiger partial charge < -0.3 is 25.4 Å². The molecule has 9 heteroatoms. The van der Waals surface area contributed by atoms with Gasteiger partial charge in [-0.05, 0) is 86.1 Å². The molecule has 0 aromatic heterocycles. The number of benzene rings is 3. The second-order valence-corrected chi connectivity index (χ2v) is 11.7. The Morgan fingerprint density at radius 2 is 1.68 bits per heavy atom. The third-order valence-corrected chi connectivity index (χ3v) is 9.00. The number of hydrogen-bond donors (Lipinski definition) is 2. The average molecular weight is 603 g/mol. The molecule has 0 unspecified atom stereocenters. The Morgan fingerprint density at radius 1 is 0.955 bits per heavy atom. The van der Waals surface area contributed by atoms with Crippen molar-refractivity contribution in [2.45, 2.75) is 38.8 Å². The van der Waals surface area contributed by atoms with Crippen LogP contribution in [0.1, 0.15) is 41.3 Å². The minimum atomic E-state index is -0.928. The van der Waals surface area contributed by atoms with Crippen molar-refractivity contribution in [3.05, 3.63) is 89.2 Å². The van der Waals surface area contributed by atoms with Crippen molar-refractivity contribution in [1.29, 1.82) is 0 Å². The van der Waals surface area contributed by atoms with Gasteiger partial charge in [0.1, 0.15) is 11.6 Å². The zero-order chi connectivity index (χ0) is 31.1. The molecular formula is C35H43FN4O4. The summed E-state index contributed by atoms with van der Waals surface area (Å²) in [5.74, 6) is -0.453. The second-order valence-electron chi connectivity index (χ2n) is 11.7. The summed E-state index contributed by atoms with van der Waals surface area (Å²) >= 11 is 0. The number of likely N-dealkylation sites (tertiary alicyclic amines) is 1. The third kappa shape index (κ3) is 7.64. The molecule has 0 radical (unpaired) electrons. The maximum atomic E-state index is 14.5. The molecule has 0 spiro atoms. The van der Waals surface area contributed by atoms with Gasteiger partial charge in [-0.2, -0.15) is 0 Å². The van der Waals surface area contributed by atoms with Crippen molar-refractivity contribution in [1.82, 2.24) is 14.7 Å². The molecule has 2 heterocycles. The van der Waals surface area contributed by atoms with Gasteiger partial charge in [0.25, 0.3) is 0 Å². The number of hydrogen-bond acceptors (Lipinski definition) is 6. The van der Waals surface area contributed by atoms with Crippen LogP contribution in [0.25, 0.3) is 11.1 Å². The van der Waals surface area contributed by atoms with E-state index in [9.17, 15) is 19.1 Å². The van der Waals surface area contributed by atoms with Crippen LogP contribution >= 0.6 is 0 Å². The minimum Gasteiger partial charge on any atom is -0.493 e. The molecule has 3 aromatic carbocycles. The van der Waals surface area contributed by atoms with Gasteiger partial charge in [0.15, 0.2) is 0 Å². The lowest BCUT2D eigenvalue weighted by atomic mass is 9.88. The van der Waals surface area contributed by atoms with Crippen molar-refractivity contribution in [2.75, 3.05) is 52.4 Å². The molecule has 2 saturated heterocycles. The molecule has 0 aliphatic carbocycles. The lowest BCUT2D eigenvalue weighted by molar-refractivity contribution is -0.136.